The van der Waals surface area contributed by atoms with Gasteiger partial charge in [-0.3, -0.25) is 0 Å². The van der Waals surface area contributed by atoms with E-state index in [4.69, 9.17) is 5.11 Å². The van der Waals surface area contributed by atoms with Gasteiger partial charge in [0.1, 0.15) is 0 Å². The third-order valence-corrected chi connectivity index (χ3v) is 2.09. The molecule has 0 aromatic heterocycles. The van der Waals surface area contributed by atoms with Crippen molar-refractivity contribution in [2.45, 2.75) is 32.3 Å². The Morgan fingerprint density at radius 2 is 1.89 bits per heavy atom. The zero-order chi connectivity index (χ0) is 7.07. The molecule has 3 heteroatoms. The van der Waals surface area contributed by atoms with Crippen molar-refractivity contribution in [3.05, 3.63) is 0 Å². The van der Waals surface area contributed by atoms with Crippen LogP contribution in [-0.2, 0) is 0 Å². The lowest BCUT2D eigenvalue weighted by atomic mass is 10.0. The van der Waals surface area contributed by atoms with Gasteiger partial charge >= 0.3 is 0 Å². The highest BCUT2D eigenvalue weighted by atomic mass is 19.3. The summed E-state index contributed by atoms with van der Waals surface area (Å²) in [7, 11) is 0. The zero-order valence-electron chi connectivity index (χ0n) is 5.27. The molecule has 0 aliphatic heterocycles. The van der Waals surface area contributed by atoms with Crippen molar-refractivity contribution in [3.63, 3.8) is 0 Å². The van der Waals surface area contributed by atoms with Gasteiger partial charge in [-0.05, 0) is 19.8 Å². The number of halogens is 2. The third-order valence-electron chi connectivity index (χ3n) is 2.09. The smallest absolute Gasteiger partial charge is 0.246 e. The Labute approximate surface area is 52.7 Å². The van der Waals surface area contributed by atoms with E-state index in [2.05, 4.69) is 0 Å². The molecule has 0 radical (unpaired) electrons. The lowest BCUT2D eigenvalue weighted by molar-refractivity contribution is -0.0173. The first-order valence-electron chi connectivity index (χ1n) is 3.06. The number of rotatable bonds is 2. The van der Waals surface area contributed by atoms with Crippen LogP contribution in [0, 0.1) is 5.41 Å². The Balaban J connectivity index is 2.52. The minimum Gasteiger partial charge on any atom is -0.393 e. The molecule has 1 N–H and O–H groups in total. The van der Waals surface area contributed by atoms with Crippen LogP contribution in [0.2, 0.25) is 0 Å². The molecular weight excluding hydrogens is 126 g/mol. The predicted octanol–water partition coefficient (Wildman–Crippen LogP) is 1.41. The van der Waals surface area contributed by atoms with E-state index in [1.54, 1.807) is 0 Å². The van der Waals surface area contributed by atoms with Crippen molar-refractivity contribution in [2.75, 3.05) is 0 Å². The highest BCUT2D eigenvalue weighted by molar-refractivity contribution is 4.99. The van der Waals surface area contributed by atoms with Crippen LogP contribution >= 0.6 is 0 Å². The van der Waals surface area contributed by atoms with Crippen LogP contribution in [0.15, 0.2) is 0 Å². The molecule has 0 saturated heterocycles. The average Bonchev–Trinajstić information content (AvgIpc) is 2.40. The molecule has 9 heavy (non-hydrogen) atoms. The maximum absolute atomic E-state index is 12.0. The molecule has 1 atom stereocenters. The second-order valence-electron chi connectivity index (χ2n) is 2.71. The molecule has 0 bridgehead atoms. The van der Waals surface area contributed by atoms with E-state index in [1.165, 1.54) is 6.92 Å². The summed E-state index contributed by atoms with van der Waals surface area (Å²) in [6.07, 6.45) is -2.25. The fourth-order valence-corrected chi connectivity index (χ4v) is 0.963. The van der Waals surface area contributed by atoms with E-state index in [0.717, 1.165) is 0 Å². The molecule has 54 valence electrons. The van der Waals surface area contributed by atoms with Crippen LogP contribution in [-0.4, -0.2) is 17.6 Å². The predicted molar refractivity (Wildman–Crippen MR) is 29.4 cm³/mol. The molecule has 1 aliphatic rings. The van der Waals surface area contributed by atoms with E-state index < -0.39 is 17.9 Å². The van der Waals surface area contributed by atoms with Gasteiger partial charge in [-0.25, -0.2) is 8.78 Å². The van der Waals surface area contributed by atoms with Crippen molar-refractivity contribution >= 4 is 0 Å². The first-order chi connectivity index (χ1) is 4.09. The van der Waals surface area contributed by atoms with E-state index >= 15 is 0 Å². The molecule has 0 heterocycles. The second-order valence-corrected chi connectivity index (χ2v) is 2.71. The monoisotopic (exact) mass is 136 g/mol. The second kappa shape index (κ2) is 1.90. The van der Waals surface area contributed by atoms with E-state index in [-0.39, 0.29) is 0 Å². The number of hydrogen-bond donors (Lipinski definition) is 1. The van der Waals surface area contributed by atoms with Gasteiger partial charge in [-0.1, -0.05) is 0 Å². The number of hydrogen-bond acceptors (Lipinski definition) is 1. The van der Waals surface area contributed by atoms with Gasteiger partial charge in [-0.2, -0.15) is 0 Å². The maximum atomic E-state index is 12.0. The summed E-state index contributed by atoms with van der Waals surface area (Å²) in [6, 6.07) is 0. The summed E-state index contributed by atoms with van der Waals surface area (Å²) in [4.78, 5) is 0. The van der Waals surface area contributed by atoms with Crippen LogP contribution in [0.1, 0.15) is 19.8 Å². The van der Waals surface area contributed by atoms with Crippen LogP contribution in [0.4, 0.5) is 8.78 Å². The zero-order valence-corrected chi connectivity index (χ0v) is 5.27. The largest absolute Gasteiger partial charge is 0.393 e. The van der Waals surface area contributed by atoms with Crippen molar-refractivity contribution in [2.24, 2.45) is 5.41 Å². The molecule has 1 rings (SSSR count). The lowest BCUT2D eigenvalue weighted by Crippen LogP contribution is -2.25. The number of aliphatic hydroxyl groups is 1. The Morgan fingerprint density at radius 1 is 1.44 bits per heavy atom. The van der Waals surface area contributed by atoms with Crippen molar-refractivity contribution < 1.29 is 13.9 Å². The number of alkyl halides is 2. The fourth-order valence-electron chi connectivity index (χ4n) is 0.963. The molecule has 0 amide bonds. The molecule has 1 aliphatic carbocycles. The molecule has 1 fully saturated rings. The Bertz CT molecular complexity index is 97.6. The summed E-state index contributed by atoms with van der Waals surface area (Å²) >= 11 is 0. The molecule has 0 aromatic rings. The van der Waals surface area contributed by atoms with Crippen LogP contribution in [0.3, 0.4) is 0 Å². The minimum absolute atomic E-state index is 0.475. The number of aliphatic hydroxyl groups excluding tert-OH is 1. The van der Waals surface area contributed by atoms with E-state index in [0.29, 0.717) is 12.8 Å². The van der Waals surface area contributed by atoms with Crippen LogP contribution in [0.5, 0.6) is 0 Å². The summed E-state index contributed by atoms with van der Waals surface area (Å²) in [5.41, 5.74) is -1.03. The van der Waals surface area contributed by atoms with Gasteiger partial charge in [-0.15, -0.1) is 0 Å². The summed E-state index contributed by atoms with van der Waals surface area (Å²) in [6.45, 7) is 1.43. The van der Waals surface area contributed by atoms with Gasteiger partial charge in [0.2, 0.25) is 6.43 Å². The topological polar surface area (TPSA) is 20.2 Å². The van der Waals surface area contributed by atoms with Crippen molar-refractivity contribution in [1.29, 1.82) is 0 Å². The Hall–Kier alpha value is -0.180. The van der Waals surface area contributed by atoms with Crippen LogP contribution < -0.4 is 0 Å². The summed E-state index contributed by atoms with van der Waals surface area (Å²) < 4.78 is 23.9. The molecule has 0 unspecified atom stereocenters. The highest BCUT2D eigenvalue weighted by Gasteiger charge is 2.54. The molecule has 0 aromatic carbocycles. The normalized spacial score (nSPS) is 26.3. The Kier molecular flexibility index (Phi) is 1.47. The van der Waals surface area contributed by atoms with E-state index in [1.807, 2.05) is 0 Å². The van der Waals surface area contributed by atoms with Gasteiger partial charge in [0.25, 0.3) is 0 Å². The van der Waals surface area contributed by atoms with Crippen molar-refractivity contribution in [1.82, 2.24) is 0 Å². The third kappa shape index (κ3) is 0.936. The fraction of sp³-hybridized carbons (Fsp3) is 1.00. The van der Waals surface area contributed by atoms with E-state index in [9.17, 15) is 8.78 Å². The lowest BCUT2D eigenvalue weighted by Gasteiger charge is -2.16. The van der Waals surface area contributed by atoms with Gasteiger partial charge in [0, 0.05) is 0 Å². The highest BCUT2D eigenvalue weighted by Crippen LogP contribution is 2.53. The Morgan fingerprint density at radius 3 is 1.89 bits per heavy atom. The molecule has 0 spiro atoms. The molecule has 1 saturated carbocycles. The van der Waals surface area contributed by atoms with Gasteiger partial charge < -0.3 is 5.11 Å². The first kappa shape index (κ1) is 6.93. The van der Waals surface area contributed by atoms with Gasteiger partial charge in [0.05, 0.1) is 11.5 Å². The molecule has 1 nitrogen and oxygen atoms in total. The first-order valence-corrected chi connectivity index (χ1v) is 3.06. The summed E-state index contributed by atoms with van der Waals surface area (Å²) in [5.74, 6) is 0. The SMILES string of the molecule is C[C@@H](O)C1(C(F)F)CC1. The van der Waals surface area contributed by atoms with Crippen LogP contribution in [0.25, 0.3) is 0 Å². The molecular formula is C6H10F2O. The quantitative estimate of drug-likeness (QED) is 0.608. The van der Waals surface area contributed by atoms with Gasteiger partial charge in [0.15, 0.2) is 0 Å². The standard InChI is InChI=1S/C6H10F2O/c1-4(9)6(2-3-6)5(7)8/h4-5,9H,2-3H2,1H3/t4-/m1/s1. The van der Waals surface area contributed by atoms with Crippen molar-refractivity contribution in [3.8, 4) is 0 Å². The minimum atomic E-state index is -2.35. The average molecular weight is 136 g/mol. The maximum Gasteiger partial charge on any atom is 0.246 e. The summed E-state index contributed by atoms with van der Waals surface area (Å²) in [5, 5.41) is 8.83.